The number of anilines is 3. The minimum Gasteiger partial charge on any atom is -0.496 e. The standard InChI is InChI=1S/C14H19N5O2/c1-4-7-21-14-18-12(15)17-13(19-14)16-10-5-6-11(20-3)9(2)8-10/h5-6,8H,4,7H2,1-3H3,(H3,15,16,17,18,19). The van der Waals surface area contributed by atoms with Crippen LogP contribution in [0.15, 0.2) is 18.2 Å². The second kappa shape index (κ2) is 6.74. The summed E-state index contributed by atoms with van der Waals surface area (Å²) in [7, 11) is 1.64. The number of ether oxygens (including phenoxy) is 2. The van der Waals surface area contributed by atoms with E-state index >= 15 is 0 Å². The predicted octanol–water partition coefficient (Wildman–Crippen LogP) is 2.30. The number of hydrogen-bond donors (Lipinski definition) is 2. The van der Waals surface area contributed by atoms with Crippen LogP contribution in [0.25, 0.3) is 0 Å². The van der Waals surface area contributed by atoms with Crippen molar-refractivity contribution in [3.8, 4) is 11.8 Å². The van der Waals surface area contributed by atoms with Crippen molar-refractivity contribution in [3.63, 3.8) is 0 Å². The van der Waals surface area contributed by atoms with E-state index in [1.54, 1.807) is 7.11 Å². The van der Waals surface area contributed by atoms with Crippen LogP contribution in [0.3, 0.4) is 0 Å². The average Bonchev–Trinajstić information content (AvgIpc) is 2.45. The Hall–Kier alpha value is -2.57. The van der Waals surface area contributed by atoms with Crippen molar-refractivity contribution in [2.45, 2.75) is 20.3 Å². The minimum atomic E-state index is 0.115. The first-order chi connectivity index (χ1) is 10.1. The first-order valence-corrected chi connectivity index (χ1v) is 6.68. The Kier molecular flexibility index (Phi) is 4.76. The highest BCUT2D eigenvalue weighted by Gasteiger charge is 2.07. The molecule has 0 bridgehead atoms. The molecule has 0 radical (unpaired) electrons. The van der Waals surface area contributed by atoms with Gasteiger partial charge in [0.25, 0.3) is 0 Å². The Morgan fingerprint density at radius 1 is 1.24 bits per heavy atom. The summed E-state index contributed by atoms with van der Waals surface area (Å²) in [5.74, 6) is 1.28. The van der Waals surface area contributed by atoms with Gasteiger partial charge in [-0.2, -0.15) is 15.0 Å². The molecule has 0 fully saturated rings. The molecule has 3 N–H and O–H groups in total. The van der Waals surface area contributed by atoms with Crippen molar-refractivity contribution in [2.24, 2.45) is 0 Å². The summed E-state index contributed by atoms with van der Waals surface area (Å²) < 4.78 is 10.6. The number of hydrogen-bond acceptors (Lipinski definition) is 7. The van der Waals surface area contributed by atoms with Gasteiger partial charge in [-0.1, -0.05) is 6.92 Å². The van der Waals surface area contributed by atoms with E-state index in [0.29, 0.717) is 12.6 Å². The summed E-state index contributed by atoms with van der Waals surface area (Å²) in [6.45, 7) is 4.50. The van der Waals surface area contributed by atoms with Crippen molar-refractivity contribution in [3.05, 3.63) is 23.8 Å². The van der Waals surface area contributed by atoms with E-state index in [0.717, 1.165) is 23.4 Å². The number of nitrogens with zero attached hydrogens (tertiary/aromatic N) is 3. The maximum Gasteiger partial charge on any atom is 0.323 e. The summed E-state index contributed by atoms with van der Waals surface area (Å²) in [4.78, 5) is 12.1. The Morgan fingerprint density at radius 3 is 2.71 bits per heavy atom. The third-order valence-electron chi connectivity index (χ3n) is 2.72. The number of aromatic nitrogens is 3. The molecule has 1 aromatic carbocycles. The molecular weight excluding hydrogens is 270 g/mol. The molecule has 2 aromatic rings. The molecule has 0 saturated heterocycles. The third kappa shape index (κ3) is 3.95. The molecule has 21 heavy (non-hydrogen) atoms. The summed E-state index contributed by atoms with van der Waals surface area (Å²) in [6.07, 6.45) is 0.867. The Morgan fingerprint density at radius 2 is 2.05 bits per heavy atom. The normalized spacial score (nSPS) is 10.2. The maximum atomic E-state index is 5.66. The summed E-state index contributed by atoms with van der Waals surface area (Å²) in [6, 6.07) is 5.90. The van der Waals surface area contributed by atoms with E-state index in [1.165, 1.54) is 0 Å². The van der Waals surface area contributed by atoms with Crippen LogP contribution in [0.4, 0.5) is 17.6 Å². The molecule has 1 aromatic heterocycles. The number of rotatable bonds is 6. The number of nitrogens with one attached hydrogen (secondary N) is 1. The molecule has 0 aliphatic carbocycles. The zero-order valence-corrected chi connectivity index (χ0v) is 12.4. The van der Waals surface area contributed by atoms with Gasteiger partial charge in [-0.15, -0.1) is 0 Å². The zero-order valence-electron chi connectivity index (χ0n) is 12.4. The van der Waals surface area contributed by atoms with E-state index < -0.39 is 0 Å². The van der Waals surface area contributed by atoms with Gasteiger partial charge in [0, 0.05) is 5.69 Å². The fourth-order valence-corrected chi connectivity index (χ4v) is 1.77. The van der Waals surface area contributed by atoms with Crippen LogP contribution in [0.5, 0.6) is 11.8 Å². The van der Waals surface area contributed by atoms with Gasteiger partial charge in [0.15, 0.2) is 0 Å². The highest BCUT2D eigenvalue weighted by Crippen LogP contribution is 2.23. The lowest BCUT2D eigenvalue weighted by molar-refractivity contribution is 0.292. The first-order valence-electron chi connectivity index (χ1n) is 6.68. The lowest BCUT2D eigenvalue weighted by Gasteiger charge is -2.10. The second-order valence-electron chi connectivity index (χ2n) is 4.46. The van der Waals surface area contributed by atoms with Crippen LogP contribution in [0, 0.1) is 6.92 Å². The Bertz CT molecular complexity index is 618. The van der Waals surface area contributed by atoms with Gasteiger partial charge in [-0.25, -0.2) is 0 Å². The smallest absolute Gasteiger partial charge is 0.323 e. The fraction of sp³-hybridized carbons (Fsp3) is 0.357. The van der Waals surface area contributed by atoms with Crippen LogP contribution in [0.1, 0.15) is 18.9 Å². The monoisotopic (exact) mass is 289 g/mol. The van der Waals surface area contributed by atoms with Crippen molar-refractivity contribution in [1.82, 2.24) is 15.0 Å². The van der Waals surface area contributed by atoms with Gasteiger partial charge in [-0.3, -0.25) is 0 Å². The molecule has 0 aliphatic rings. The average molecular weight is 289 g/mol. The molecule has 112 valence electrons. The van der Waals surface area contributed by atoms with Crippen LogP contribution >= 0.6 is 0 Å². The second-order valence-corrected chi connectivity index (χ2v) is 4.46. The van der Waals surface area contributed by atoms with Gasteiger partial charge < -0.3 is 20.5 Å². The molecule has 7 heteroatoms. The third-order valence-corrected chi connectivity index (χ3v) is 2.72. The molecule has 7 nitrogen and oxygen atoms in total. The number of methoxy groups -OCH3 is 1. The molecule has 1 heterocycles. The SMILES string of the molecule is CCCOc1nc(N)nc(Nc2ccc(OC)c(C)c2)n1. The summed E-state index contributed by atoms with van der Waals surface area (Å²) >= 11 is 0. The highest BCUT2D eigenvalue weighted by molar-refractivity contribution is 5.57. The zero-order chi connectivity index (χ0) is 15.2. The van der Waals surface area contributed by atoms with Crippen LogP contribution in [-0.2, 0) is 0 Å². The highest BCUT2D eigenvalue weighted by atomic mass is 16.5. The van der Waals surface area contributed by atoms with Crippen LogP contribution in [0.2, 0.25) is 0 Å². The molecule has 0 saturated carbocycles. The number of nitrogens with two attached hydrogens (primary N) is 1. The number of nitrogen functional groups attached to an aromatic ring is 1. The topological polar surface area (TPSA) is 95.2 Å². The largest absolute Gasteiger partial charge is 0.496 e. The Balaban J connectivity index is 2.18. The number of benzene rings is 1. The molecule has 0 aliphatic heterocycles. The lowest BCUT2D eigenvalue weighted by atomic mass is 10.2. The van der Waals surface area contributed by atoms with Crippen LogP contribution in [-0.4, -0.2) is 28.7 Å². The van der Waals surface area contributed by atoms with E-state index in [-0.39, 0.29) is 12.0 Å². The van der Waals surface area contributed by atoms with Gasteiger partial charge in [0.2, 0.25) is 11.9 Å². The molecule has 0 atom stereocenters. The molecule has 2 rings (SSSR count). The summed E-state index contributed by atoms with van der Waals surface area (Å²) in [5.41, 5.74) is 7.50. The van der Waals surface area contributed by atoms with Gasteiger partial charge in [0.1, 0.15) is 5.75 Å². The maximum absolute atomic E-state index is 5.66. The van der Waals surface area contributed by atoms with E-state index in [4.69, 9.17) is 15.2 Å². The summed E-state index contributed by atoms with van der Waals surface area (Å²) in [5, 5.41) is 3.08. The van der Waals surface area contributed by atoms with Crippen molar-refractivity contribution >= 4 is 17.6 Å². The fourth-order valence-electron chi connectivity index (χ4n) is 1.77. The lowest BCUT2D eigenvalue weighted by Crippen LogP contribution is -2.07. The van der Waals surface area contributed by atoms with Gasteiger partial charge in [0.05, 0.1) is 13.7 Å². The molecule has 0 amide bonds. The van der Waals surface area contributed by atoms with Crippen molar-refractivity contribution in [1.29, 1.82) is 0 Å². The quantitative estimate of drug-likeness (QED) is 0.842. The van der Waals surface area contributed by atoms with Crippen molar-refractivity contribution < 1.29 is 9.47 Å². The van der Waals surface area contributed by atoms with E-state index in [9.17, 15) is 0 Å². The molecular formula is C14H19N5O2. The van der Waals surface area contributed by atoms with Crippen LogP contribution < -0.4 is 20.5 Å². The number of aryl methyl sites for hydroxylation is 1. The van der Waals surface area contributed by atoms with Crippen molar-refractivity contribution in [2.75, 3.05) is 24.8 Å². The molecule has 0 unspecified atom stereocenters. The van der Waals surface area contributed by atoms with Gasteiger partial charge >= 0.3 is 6.01 Å². The van der Waals surface area contributed by atoms with E-state index in [1.807, 2.05) is 32.0 Å². The first kappa shape index (κ1) is 14.8. The Labute approximate surface area is 123 Å². The predicted molar refractivity (Wildman–Crippen MR) is 81.0 cm³/mol. The molecule has 0 spiro atoms. The van der Waals surface area contributed by atoms with Gasteiger partial charge in [-0.05, 0) is 37.1 Å². The minimum absolute atomic E-state index is 0.115. The van der Waals surface area contributed by atoms with E-state index in [2.05, 4.69) is 20.3 Å².